The van der Waals surface area contributed by atoms with Gasteiger partial charge in [-0.05, 0) is 31.6 Å². The third kappa shape index (κ3) is 4.95. The van der Waals surface area contributed by atoms with Gasteiger partial charge in [0.15, 0.2) is 11.6 Å². The quantitative estimate of drug-likeness (QED) is 0.719. The molecule has 3 fully saturated rings. The third-order valence-electron chi connectivity index (χ3n) is 5.93. The van der Waals surface area contributed by atoms with Crippen LogP contribution in [0.2, 0.25) is 5.02 Å². The van der Waals surface area contributed by atoms with E-state index in [9.17, 15) is 0 Å². The van der Waals surface area contributed by atoms with Crippen LogP contribution in [-0.2, 0) is 14.2 Å². The predicted octanol–water partition coefficient (Wildman–Crippen LogP) is 3.16. The summed E-state index contributed by atoms with van der Waals surface area (Å²) in [6.45, 7) is 10.6. The maximum Gasteiger partial charge on any atom is 0.153 e. The molecule has 1 aromatic rings. The SMILES string of the molecule is CC(C)COC1CCCN(c2ncnc(N3CCOC4(CCCOC4)C3)c2Cl)C1. The molecule has 7 nitrogen and oxygen atoms in total. The molecule has 162 valence electrons. The molecule has 0 amide bonds. The summed E-state index contributed by atoms with van der Waals surface area (Å²) in [7, 11) is 0. The lowest BCUT2D eigenvalue weighted by molar-refractivity contribution is -0.133. The molecule has 0 aliphatic carbocycles. The molecule has 8 heteroatoms. The molecule has 0 bridgehead atoms. The maximum atomic E-state index is 6.86. The number of aromatic nitrogens is 2. The van der Waals surface area contributed by atoms with Gasteiger partial charge in [-0.1, -0.05) is 25.4 Å². The first-order chi connectivity index (χ1) is 14.1. The van der Waals surface area contributed by atoms with Gasteiger partial charge in [0.2, 0.25) is 0 Å². The van der Waals surface area contributed by atoms with Gasteiger partial charge < -0.3 is 24.0 Å². The molecule has 0 aromatic carbocycles. The number of hydrogen-bond donors (Lipinski definition) is 0. The van der Waals surface area contributed by atoms with E-state index in [0.717, 1.165) is 76.7 Å². The first-order valence-corrected chi connectivity index (χ1v) is 11.3. The summed E-state index contributed by atoms with van der Waals surface area (Å²) in [5.41, 5.74) is -0.244. The summed E-state index contributed by atoms with van der Waals surface area (Å²) >= 11 is 6.86. The highest BCUT2D eigenvalue weighted by atomic mass is 35.5. The van der Waals surface area contributed by atoms with E-state index in [1.165, 1.54) is 0 Å². The number of anilines is 2. The number of nitrogens with zero attached hydrogens (tertiary/aromatic N) is 4. The molecule has 0 radical (unpaired) electrons. The van der Waals surface area contributed by atoms with Crippen molar-refractivity contribution in [1.29, 1.82) is 0 Å². The Bertz CT molecular complexity index is 678. The van der Waals surface area contributed by atoms with Crippen LogP contribution in [0, 0.1) is 5.92 Å². The second-order valence-electron chi connectivity index (χ2n) is 8.88. The monoisotopic (exact) mass is 424 g/mol. The van der Waals surface area contributed by atoms with E-state index in [-0.39, 0.29) is 11.7 Å². The zero-order valence-electron chi connectivity index (χ0n) is 17.6. The number of hydrogen-bond acceptors (Lipinski definition) is 7. The zero-order chi connectivity index (χ0) is 20.3. The van der Waals surface area contributed by atoms with Gasteiger partial charge in [-0.2, -0.15) is 0 Å². The molecule has 29 heavy (non-hydrogen) atoms. The summed E-state index contributed by atoms with van der Waals surface area (Å²) in [6, 6.07) is 0. The molecule has 3 aliphatic rings. The van der Waals surface area contributed by atoms with Gasteiger partial charge in [-0.3, -0.25) is 0 Å². The van der Waals surface area contributed by atoms with Crippen LogP contribution in [0.3, 0.4) is 0 Å². The van der Waals surface area contributed by atoms with Crippen LogP contribution in [0.5, 0.6) is 0 Å². The number of piperidine rings is 1. The molecule has 3 aliphatic heterocycles. The Morgan fingerprint density at radius 2 is 2.03 bits per heavy atom. The van der Waals surface area contributed by atoms with Crippen LogP contribution < -0.4 is 9.80 Å². The number of morpholine rings is 1. The van der Waals surface area contributed by atoms with Gasteiger partial charge in [0.05, 0.1) is 25.9 Å². The summed E-state index contributed by atoms with van der Waals surface area (Å²) in [5, 5.41) is 0.630. The van der Waals surface area contributed by atoms with Crippen LogP contribution >= 0.6 is 11.6 Å². The number of rotatable bonds is 5. The van der Waals surface area contributed by atoms with Gasteiger partial charge >= 0.3 is 0 Å². The van der Waals surface area contributed by atoms with Crippen molar-refractivity contribution >= 4 is 23.2 Å². The van der Waals surface area contributed by atoms with E-state index >= 15 is 0 Å². The lowest BCUT2D eigenvalue weighted by atomic mass is 9.94. The molecule has 2 atom stereocenters. The topological polar surface area (TPSA) is 60.0 Å². The Morgan fingerprint density at radius 3 is 2.79 bits per heavy atom. The molecule has 0 N–H and O–H groups in total. The molecule has 2 unspecified atom stereocenters. The van der Waals surface area contributed by atoms with Crippen molar-refractivity contribution in [2.75, 3.05) is 62.4 Å². The van der Waals surface area contributed by atoms with Crippen molar-refractivity contribution in [1.82, 2.24) is 9.97 Å². The first kappa shape index (κ1) is 21.1. The molecule has 1 aromatic heterocycles. The van der Waals surface area contributed by atoms with Crippen LogP contribution in [0.25, 0.3) is 0 Å². The average molecular weight is 425 g/mol. The van der Waals surface area contributed by atoms with E-state index in [4.69, 9.17) is 25.8 Å². The number of ether oxygens (including phenoxy) is 3. The van der Waals surface area contributed by atoms with Crippen molar-refractivity contribution in [3.8, 4) is 0 Å². The fourth-order valence-corrected chi connectivity index (χ4v) is 4.82. The second-order valence-corrected chi connectivity index (χ2v) is 9.26. The lowest BCUT2D eigenvalue weighted by Gasteiger charge is -2.45. The van der Waals surface area contributed by atoms with Gasteiger partial charge in [0.1, 0.15) is 17.0 Å². The van der Waals surface area contributed by atoms with Gasteiger partial charge in [0.25, 0.3) is 0 Å². The van der Waals surface area contributed by atoms with Crippen molar-refractivity contribution in [3.63, 3.8) is 0 Å². The Balaban J connectivity index is 1.48. The third-order valence-corrected chi connectivity index (χ3v) is 6.27. The minimum atomic E-state index is -0.244. The van der Waals surface area contributed by atoms with Crippen LogP contribution in [0.15, 0.2) is 6.33 Å². The van der Waals surface area contributed by atoms with Crippen molar-refractivity contribution in [3.05, 3.63) is 11.3 Å². The smallest absolute Gasteiger partial charge is 0.153 e. The van der Waals surface area contributed by atoms with Gasteiger partial charge in [-0.15, -0.1) is 0 Å². The van der Waals surface area contributed by atoms with Crippen LogP contribution in [-0.4, -0.2) is 74.3 Å². The minimum absolute atomic E-state index is 0.228. The fraction of sp³-hybridized carbons (Fsp3) is 0.810. The van der Waals surface area contributed by atoms with Gasteiger partial charge in [-0.25, -0.2) is 9.97 Å². The summed E-state index contributed by atoms with van der Waals surface area (Å²) in [4.78, 5) is 13.6. The van der Waals surface area contributed by atoms with E-state index in [2.05, 4.69) is 33.6 Å². The van der Waals surface area contributed by atoms with E-state index in [0.29, 0.717) is 24.2 Å². The molecule has 4 heterocycles. The van der Waals surface area contributed by atoms with Crippen LogP contribution in [0.4, 0.5) is 11.6 Å². The Kier molecular flexibility index (Phi) is 6.79. The maximum absolute atomic E-state index is 6.86. The zero-order valence-corrected chi connectivity index (χ0v) is 18.4. The molecule has 3 saturated heterocycles. The highest BCUT2D eigenvalue weighted by Gasteiger charge is 2.40. The first-order valence-electron chi connectivity index (χ1n) is 10.9. The van der Waals surface area contributed by atoms with Crippen molar-refractivity contribution < 1.29 is 14.2 Å². The second kappa shape index (κ2) is 9.33. The van der Waals surface area contributed by atoms with E-state index in [1.54, 1.807) is 6.33 Å². The van der Waals surface area contributed by atoms with Gasteiger partial charge in [0, 0.05) is 32.8 Å². The molecular weight excluding hydrogens is 392 g/mol. The molecule has 1 spiro atoms. The summed E-state index contributed by atoms with van der Waals surface area (Å²) in [6.07, 6.45) is 6.07. The van der Waals surface area contributed by atoms with Crippen molar-refractivity contribution in [2.24, 2.45) is 5.92 Å². The standard InChI is InChI=1S/C21H33ClN4O3/c1-16(2)12-28-17-5-3-7-25(11-17)19-18(22)20(24-15-23-19)26-8-10-29-21(13-26)6-4-9-27-14-21/h15-17H,3-14H2,1-2H3. The fourth-order valence-electron chi connectivity index (χ4n) is 4.48. The molecule has 0 saturated carbocycles. The molecule has 4 rings (SSSR count). The van der Waals surface area contributed by atoms with Crippen molar-refractivity contribution in [2.45, 2.75) is 51.2 Å². The predicted molar refractivity (Wildman–Crippen MR) is 114 cm³/mol. The average Bonchev–Trinajstić information content (AvgIpc) is 2.73. The summed E-state index contributed by atoms with van der Waals surface area (Å²) in [5.74, 6) is 2.15. The Labute approximate surface area is 178 Å². The highest BCUT2D eigenvalue weighted by Crippen LogP contribution is 2.36. The Hall–Kier alpha value is -1.15. The normalized spacial score (nSPS) is 28.3. The van der Waals surface area contributed by atoms with E-state index in [1.807, 2.05) is 0 Å². The summed E-state index contributed by atoms with van der Waals surface area (Å²) < 4.78 is 17.9. The van der Waals surface area contributed by atoms with Crippen LogP contribution in [0.1, 0.15) is 39.5 Å². The van der Waals surface area contributed by atoms with E-state index < -0.39 is 0 Å². The largest absolute Gasteiger partial charge is 0.378 e. The molecular formula is C21H33ClN4O3. The minimum Gasteiger partial charge on any atom is -0.378 e. The lowest BCUT2D eigenvalue weighted by Crippen LogP contribution is -2.56. The Morgan fingerprint density at radius 1 is 1.21 bits per heavy atom. The number of halogens is 1. The highest BCUT2D eigenvalue weighted by molar-refractivity contribution is 6.35.